The summed E-state index contributed by atoms with van der Waals surface area (Å²) in [5, 5.41) is 0. The van der Waals surface area contributed by atoms with Crippen molar-refractivity contribution >= 4 is 17.7 Å². The summed E-state index contributed by atoms with van der Waals surface area (Å²) < 4.78 is 5.05. The lowest BCUT2D eigenvalue weighted by molar-refractivity contribution is -0.146. The Morgan fingerprint density at radius 2 is 2.00 bits per heavy atom. The minimum Gasteiger partial charge on any atom is -0.448 e. The van der Waals surface area contributed by atoms with E-state index in [1.165, 1.54) is 27.9 Å². The zero-order valence-electron chi connectivity index (χ0n) is 13.2. The molecule has 0 spiro atoms. The Labute approximate surface area is 128 Å². The third kappa shape index (κ3) is 3.10. The van der Waals surface area contributed by atoms with Crippen LogP contribution in [-0.4, -0.2) is 77.2 Å². The first kappa shape index (κ1) is 16.0. The number of carbonyl (C=O) groups is 3. The first-order chi connectivity index (χ1) is 10.3. The molecule has 2 heterocycles. The molecule has 0 N–H and O–H groups in total. The molecule has 1 aromatic rings. The summed E-state index contributed by atoms with van der Waals surface area (Å²) in [7, 11) is 3.25. The Hall–Kier alpha value is -2.38. The third-order valence-electron chi connectivity index (χ3n) is 3.64. The number of hydrogen-bond donors (Lipinski definition) is 0. The molecule has 1 saturated heterocycles. The van der Waals surface area contributed by atoms with Crippen molar-refractivity contribution in [3.8, 4) is 0 Å². The van der Waals surface area contributed by atoms with E-state index in [0.29, 0.717) is 19.0 Å². The van der Waals surface area contributed by atoms with E-state index < -0.39 is 6.04 Å². The van der Waals surface area contributed by atoms with Crippen LogP contribution in [0.3, 0.4) is 0 Å². The van der Waals surface area contributed by atoms with Crippen molar-refractivity contribution in [2.75, 3.05) is 33.7 Å². The average Bonchev–Trinajstić information content (AvgIpc) is 2.91. The second-order valence-corrected chi connectivity index (χ2v) is 5.46. The summed E-state index contributed by atoms with van der Waals surface area (Å²) in [6.07, 6.45) is 1.30. The highest BCUT2D eigenvalue weighted by atomic mass is 16.3. The van der Waals surface area contributed by atoms with Crippen LogP contribution in [0.2, 0.25) is 0 Å². The number of hydrogen-bond acceptors (Lipinski definition) is 5. The van der Waals surface area contributed by atoms with Crippen LogP contribution in [0.1, 0.15) is 23.3 Å². The predicted molar refractivity (Wildman–Crippen MR) is 77.0 cm³/mol. The fourth-order valence-corrected chi connectivity index (χ4v) is 2.48. The maximum absolute atomic E-state index is 12.4. The van der Waals surface area contributed by atoms with E-state index in [1.54, 1.807) is 21.0 Å². The highest BCUT2D eigenvalue weighted by Crippen LogP contribution is 2.15. The maximum atomic E-state index is 12.4. The van der Waals surface area contributed by atoms with Gasteiger partial charge in [0.05, 0.1) is 6.54 Å². The number of amides is 3. The van der Waals surface area contributed by atoms with E-state index in [9.17, 15) is 14.4 Å². The largest absolute Gasteiger partial charge is 0.448 e. The maximum Gasteiger partial charge on any atom is 0.275 e. The van der Waals surface area contributed by atoms with Crippen molar-refractivity contribution in [1.82, 2.24) is 19.7 Å². The monoisotopic (exact) mass is 308 g/mol. The van der Waals surface area contributed by atoms with Gasteiger partial charge in [-0.05, 0) is 0 Å². The fraction of sp³-hybridized carbons (Fsp3) is 0.571. The molecule has 3 amide bonds. The zero-order chi connectivity index (χ0) is 16.4. The standard InChI is InChI=1S/C14H20N4O4/c1-9-15-11(8-22-9)13(20)17-5-6-18(10(2)19)12(7-17)14(21)16(3)4/h8,12H,5-7H2,1-4H3/t12-/m0/s1. The Balaban J connectivity index is 2.18. The van der Waals surface area contributed by atoms with Gasteiger partial charge in [-0.25, -0.2) is 4.98 Å². The smallest absolute Gasteiger partial charge is 0.275 e. The summed E-state index contributed by atoms with van der Waals surface area (Å²) >= 11 is 0. The number of oxazole rings is 1. The van der Waals surface area contributed by atoms with Crippen LogP contribution in [0, 0.1) is 6.92 Å². The number of carbonyl (C=O) groups excluding carboxylic acids is 3. The molecule has 1 aromatic heterocycles. The Bertz CT molecular complexity index is 595. The number of piperazine rings is 1. The summed E-state index contributed by atoms with van der Waals surface area (Å²) in [4.78, 5) is 44.9. The highest BCUT2D eigenvalue weighted by Gasteiger charge is 2.37. The van der Waals surface area contributed by atoms with Gasteiger partial charge < -0.3 is 19.1 Å². The highest BCUT2D eigenvalue weighted by molar-refractivity contribution is 5.93. The van der Waals surface area contributed by atoms with Gasteiger partial charge in [-0.2, -0.15) is 0 Å². The lowest BCUT2D eigenvalue weighted by Crippen LogP contribution is -2.61. The fourth-order valence-electron chi connectivity index (χ4n) is 2.48. The predicted octanol–water partition coefficient (Wildman–Crippen LogP) is -0.256. The van der Waals surface area contributed by atoms with Crippen molar-refractivity contribution in [2.45, 2.75) is 19.9 Å². The number of aromatic nitrogens is 1. The van der Waals surface area contributed by atoms with Gasteiger partial charge in [0.15, 0.2) is 11.6 Å². The van der Waals surface area contributed by atoms with Crippen LogP contribution in [-0.2, 0) is 9.59 Å². The van der Waals surface area contributed by atoms with Gasteiger partial charge in [0.1, 0.15) is 12.3 Å². The van der Waals surface area contributed by atoms with Crippen molar-refractivity contribution in [1.29, 1.82) is 0 Å². The molecule has 0 aliphatic carbocycles. The topological polar surface area (TPSA) is 87.0 Å². The van der Waals surface area contributed by atoms with Crippen LogP contribution in [0.4, 0.5) is 0 Å². The second kappa shape index (κ2) is 6.17. The molecule has 1 atom stereocenters. The molecule has 1 aliphatic rings. The molecule has 120 valence electrons. The molecule has 8 heteroatoms. The molecule has 22 heavy (non-hydrogen) atoms. The molecule has 0 radical (unpaired) electrons. The van der Waals surface area contributed by atoms with Crippen molar-refractivity contribution in [2.24, 2.45) is 0 Å². The summed E-state index contributed by atoms with van der Waals surface area (Å²) in [6, 6.07) is -0.668. The van der Waals surface area contributed by atoms with E-state index in [-0.39, 0.29) is 30.0 Å². The number of rotatable bonds is 2. The van der Waals surface area contributed by atoms with Gasteiger partial charge in [-0.1, -0.05) is 0 Å². The van der Waals surface area contributed by atoms with E-state index >= 15 is 0 Å². The average molecular weight is 308 g/mol. The minimum absolute atomic E-state index is 0.154. The van der Waals surface area contributed by atoms with Gasteiger partial charge >= 0.3 is 0 Å². The van der Waals surface area contributed by atoms with Crippen molar-refractivity contribution in [3.05, 3.63) is 17.8 Å². The SMILES string of the molecule is CC(=O)N1CCN(C(=O)c2coc(C)n2)C[C@H]1C(=O)N(C)C. The van der Waals surface area contributed by atoms with Crippen molar-refractivity contribution < 1.29 is 18.8 Å². The first-order valence-corrected chi connectivity index (χ1v) is 7.01. The van der Waals surface area contributed by atoms with Crippen LogP contribution in [0.5, 0.6) is 0 Å². The minimum atomic E-state index is -0.668. The van der Waals surface area contributed by atoms with Crippen LogP contribution >= 0.6 is 0 Å². The normalized spacial score (nSPS) is 18.3. The molecule has 0 aromatic carbocycles. The van der Waals surface area contributed by atoms with E-state index in [2.05, 4.69) is 4.98 Å². The van der Waals surface area contributed by atoms with E-state index in [1.807, 2.05) is 0 Å². The molecule has 8 nitrogen and oxygen atoms in total. The van der Waals surface area contributed by atoms with Crippen LogP contribution in [0.15, 0.2) is 10.7 Å². The molecule has 0 unspecified atom stereocenters. The van der Waals surface area contributed by atoms with Gasteiger partial charge in [-0.3, -0.25) is 14.4 Å². The Kier molecular flexibility index (Phi) is 4.48. The van der Waals surface area contributed by atoms with Crippen LogP contribution in [0.25, 0.3) is 0 Å². The summed E-state index contributed by atoms with van der Waals surface area (Å²) in [5.74, 6) is -0.267. The molecule has 1 fully saturated rings. The summed E-state index contributed by atoms with van der Waals surface area (Å²) in [6.45, 7) is 3.92. The van der Waals surface area contributed by atoms with Gasteiger partial charge in [-0.15, -0.1) is 0 Å². The molecule has 0 saturated carbocycles. The Morgan fingerprint density at radius 3 is 2.50 bits per heavy atom. The first-order valence-electron chi connectivity index (χ1n) is 7.01. The molecule has 2 rings (SSSR count). The van der Waals surface area contributed by atoms with E-state index in [4.69, 9.17) is 4.42 Å². The quantitative estimate of drug-likeness (QED) is 0.751. The van der Waals surface area contributed by atoms with E-state index in [0.717, 1.165) is 0 Å². The summed E-state index contributed by atoms with van der Waals surface area (Å²) in [5.41, 5.74) is 0.213. The van der Waals surface area contributed by atoms with Gasteiger partial charge in [0.25, 0.3) is 5.91 Å². The number of aryl methyl sites for hydroxylation is 1. The lowest BCUT2D eigenvalue weighted by Gasteiger charge is -2.40. The number of likely N-dealkylation sites (N-methyl/N-ethyl adjacent to an activating group) is 1. The van der Waals surface area contributed by atoms with Crippen molar-refractivity contribution in [3.63, 3.8) is 0 Å². The second-order valence-electron chi connectivity index (χ2n) is 5.46. The molecule has 1 aliphatic heterocycles. The molecule has 0 bridgehead atoms. The lowest BCUT2D eigenvalue weighted by atomic mass is 10.1. The molecular formula is C14H20N4O4. The zero-order valence-corrected chi connectivity index (χ0v) is 13.2. The molecular weight excluding hydrogens is 288 g/mol. The van der Waals surface area contributed by atoms with Gasteiger partial charge in [0, 0.05) is 41.0 Å². The third-order valence-corrected chi connectivity index (χ3v) is 3.64. The van der Waals surface area contributed by atoms with Crippen LogP contribution < -0.4 is 0 Å². The van der Waals surface area contributed by atoms with Gasteiger partial charge in [0.2, 0.25) is 11.8 Å². The number of nitrogens with zero attached hydrogens (tertiary/aromatic N) is 4. The Morgan fingerprint density at radius 1 is 1.32 bits per heavy atom.